The predicted molar refractivity (Wildman–Crippen MR) is 54.5 cm³/mol. The highest BCUT2D eigenvalue weighted by Crippen LogP contribution is 2.22. The van der Waals surface area contributed by atoms with E-state index in [0.29, 0.717) is 5.56 Å². The smallest absolute Gasteiger partial charge is 0.212 e. The van der Waals surface area contributed by atoms with Crippen LogP contribution >= 0.6 is 11.9 Å². The number of carbonyl (C=O) groups excluding carboxylic acids is 1. The number of hydrogen-bond acceptors (Lipinski definition) is 3. The number of nitrogens with one attached hydrogen (secondary N) is 1. The van der Waals surface area contributed by atoms with Crippen molar-refractivity contribution in [3.8, 4) is 0 Å². The highest BCUT2D eigenvalue weighted by Gasteiger charge is 2.22. The van der Waals surface area contributed by atoms with Crippen LogP contribution in [0.15, 0.2) is 41.9 Å². The van der Waals surface area contributed by atoms with Crippen LogP contribution in [0.4, 0.5) is 4.39 Å². The molecule has 2 nitrogen and oxygen atoms in total. The van der Waals surface area contributed by atoms with Gasteiger partial charge in [-0.15, -0.1) is 0 Å². The summed E-state index contributed by atoms with van der Waals surface area (Å²) in [5.74, 6) is -0.426. The van der Waals surface area contributed by atoms with Crippen LogP contribution in [0.3, 0.4) is 0 Å². The number of hydrogen-bond donors (Lipinski definition) is 1. The second-order valence-electron chi connectivity index (χ2n) is 2.87. The maximum absolute atomic E-state index is 13.1. The van der Waals surface area contributed by atoms with Crippen LogP contribution in [0.1, 0.15) is 10.4 Å². The van der Waals surface area contributed by atoms with Gasteiger partial charge in [0, 0.05) is 5.56 Å². The van der Waals surface area contributed by atoms with Gasteiger partial charge in [-0.2, -0.15) is 0 Å². The third kappa shape index (κ3) is 1.65. The van der Waals surface area contributed by atoms with E-state index in [0.717, 1.165) is 0 Å². The fraction of sp³-hybridized carbons (Fsp3) is 0.100. The third-order valence-corrected chi connectivity index (χ3v) is 2.65. The summed E-state index contributed by atoms with van der Waals surface area (Å²) in [6.45, 7) is 0. The monoisotopic (exact) mass is 209 g/mol. The Kier molecular flexibility index (Phi) is 2.54. The summed E-state index contributed by atoms with van der Waals surface area (Å²) in [6.07, 6.45) is 0. The van der Waals surface area contributed by atoms with Crippen molar-refractivity contribution in [2.24, 2.45) is 0 Å². The van der Waals surface area contributed by atoms with Crippen molar-refractivity contribution in [1.82, 2.24) is 4.72 Å². The fourth-order valence-electron chi connectivity index (χ4n) is 1.20. The van der Waals surface area contributed by atoms with Crippen LogP contribution in [0.2, 0.25) is 0 Å². The second kappa shape index (κ2) is 3.84. The van der Waals surface area contributed by atoms with E-state index in [1.807, 2.05) is 6.07 Å². The topological polar surface area (TPSA) is 29.1 Å². The van der Waals surface area contributed by atoms with Gasteiger partial charge in [0.2, 0.25) is 5.78 Å². The van der Waals surface area contributed by atoms with Crippen LogP contribution in [0.25, 0.3) is 0 Å². The summed E-state index contributed by atoms with van der Waals surface area (Å²) >= 11 is 1.19. The van der Waals surface area contributed by atoms with E-state index in [9.17, 15) is 9.18 Å². The first-order valence-corrected chi connectivity index (χ1v) is 5.14. The molecule has 1 aliphatic rings. The number of Topliss-reactive ketones (excluding diaryl/α,β-unsaturated/α-hetero) is 1. The summed E-state index contributed by atoms with van der Waals surface area (Å²) in [7, 11) is 0. The van der Waals surface area contributed by atoms with Crippen LogP contribution < -0.4 is 4.72 Å². The predicted octanol–water partition coefficient (Wildman–Crippen LogP) is 2.30. The van der Waals surface area contributed by atoms with Gasteiger partial charge in [-0.1, -0.05) is 30.3 Å². The van der Waals surface area contributed by atoms with E-state index in [2.05, 4.69) is 4.72 Å². The molecule has 1 aromatic rings. The highest BCUT2D eigenvalue weighted by molar-refractivity contribution is 7.98. The van der Waals surface area contributed by atoms with Crippen LogP contribution in [0, 0.1) is 0 Å². The van der Waals surface area contributed by atoms with Crippen molar-refractivity contribution < 1.29 is 9.18 Å². The number of allylic oxidation sites excluding steroid dienone is 1. The Balaban J connectivity index is 2.29. The van der Waals surface area contributed by atoms with Crippen molar-refractivity contribution in [2.75, 3.05) is 5.75 Å². The normalized spacial score (nSPS) is 15.5. The largest absolute Gasteiger partial charge is 0.324 e. The minimum atomic E-state index is -0.371. The average molecular weight is 209 g/mol. The molecule has 1 heterocycles. The Labute approximate surface area is 85.3 Å². The van der Waals surface area contributed by atoms with Crippen molar-refractivity contribution in [1.29, 1.82) is 0 Å². The summed E-state index contributed by atoms with van der Waals surface area (Å²) in [5.41, 5.74) is 0.592. The first-order chi connectivity index (χ1) is 6.79. The van der Waals surface area contributed by atoms with E-state index in [1.54, 1.807) is 24.3 Å². The van der Waals surface area contributed by atoms with Gasteiger partial charge in [-0.25, -0.2) is 4.39 Å². The summed E-state index contributed by atoms with van der Waals surface area (Å²) in [4.78, 5) is 11.7. The SMILES string of the molecule is O=C(C1=C(F)CSN1)c1ccccc1. The van der Waals surface area contributed by atoms with Gasteiger partial charge >= 0.3 is 0 Å². The zero-order chi connectivity index (χ0) is 9.97. The molecule has 0 saturated carbocycles. The second-order valence-corrected chi connectivity index (χ2v) is 3.65. The molecule has 1 N–H and O–H groups in total. The molecule has 1 aliphatic heterocycles. The molecule has 0 unspecified atom stereocenters. The first-order valence-electron chi connectivity index (χ1n) is 4.15. The molecule has 0 saturated heterocycles. The molecule has 1 aromatic carbocycles. The number of ketones is 1. The molecule has 0 atom stereocenters. The van der Waals surface area contributed by atoms with E-state index < -0.39 is 0 Å². The Morgan fingerprint density at radius 2 is 2.07 bits per heavy atom. The summed E-state index contributed by atoms with van der Waals surface area (Å²) < 4.78 is 15.8. The molecule has 0 aromatic heterocycles. The molecule has 0 amide bonds. The van der Waals surface area contributed by atoms with E-state index >= 15 is 0 Å². The fourth-order valence-corrected chi connectivity index (χ4v) is 1.89. The maximum Gasteiger partial charge on any atom is 0.212 e. The quantitative estimate of drug-likeness (QED) is 0.598. The Morgan fingerprint density at radius 3 is 2.64 bits per heavy atom. The molecular formula is C10H8FNOS. The zero-order valence-electron chi connectivity index (χ0n) is 7.29. The Bertz CT molecular complexity index is 388. The number of carbonyl (C=O) groups is 1. The lowest BCUT2D eigenvalue weighted by atomic mass is 10.1. The Hall–Kier alpha value is -1.29. The zero-order valence-corrected chi connectivity index (χ0v) is 8.10. The standard InChI is InChI=1S/C10H8FNOS/c11-8-6-14-12-9(8)10(13)7-4-2-1-3-5-7/h1-5,12H,6H2. The lowest BCUT2D eigenvalue weighted by Crippen LogP contribution is -2.11. The molecule has 0 bridgehead atoms. The van der Waals surface area contributed by atoms with Gasteiger partial charge in [-0.05, 0) is 11.9 Å². The number of rotatable bonds is 2. The molecular weight excluding hydrogens is 201 g/mol. The molecule has 72 valence electrons. The lowest BCUT2D eigenvalue weighted by Gasteiger charge is -2.01. The van der Waals surface area contributed by atoms with Gasteiger partial charge in [0.25, 0.3) is 0 Å². The number of benzene rings is 1. The molecule has 0 fully saturated rings. The lowest BCUT2D eigenvalue weighted by molar-refractivity contribution is 0.102. The van der Waals surface area contributed by atoms with Gasteiger partial charge in [-0.3, -0.25) is 4.79 Å². The van der Waals surface area contributed by atoms with Crippen molar-refractivity contribution in [2.45, 2.75) is 0 Å². The van der Waals surface area contributed by atoms with Crippen molar-refractivity contribution in [3.05, 3.63) is 47.4 Å². The maximum atomic E-state index is 13.1. The van der Waals surface area contributed by atoms with Crippen LogP contribution in [-0.4, -0.2) is 11.5 Å². The Morgan fingerprint density at radius 1 is 1.36 bits per heavy atom. The molecule has 4 heteroatoms. The molecule has 0 spiro atoms. The van der Waals surface area contributed by atoms with Crippen molar-refractivity contribution >= 4 is 17.7 Å². The molecule has 14 heavy (non-hydrogen) atoms. The third-order valence-electron chi connectivity index (χ3n) is 1.91. The molecule has 0 aliphatic carbocycles. The van der Waals surface area contributed by atoms with E-state index in [-0.39, 0.29) is 23.1 Å². The molecule has 0 radical (unpaired) electrons. The van der Waals surface area contributed by atoms with Gasteiger partial charge in [0.1, 0.15) is 11.5 Å². The minimum Gasteiger partial charge on any atom is -0.324 e. The van der Waals surface area contributed by atoms with Crippen molar-refractivity contribution in [3.63, 3.8) is 0 Å². The number of halogens is 1. The van der Waals surface area contributed by atoms with Gasteiger partial charge in [0.05, 0.1) is 5.75 Å². The average Bonchev–Trinajstić information content (AvgIpc) is 2.65. The first kappa shape index (κ1) is 9.27. The minimum absolute atomic E-state index is 0.0844. The van der Waals surface area contributed by atoms with Crippen LogP contribution in [0.5, 0.6) is 0 Å². The highest BCUT2D eigenvalue weighted by atomic mass is 32.2. The van der Waals surface area contributed by atoms with Gasteiger partial charge < -0.3 is 4.72 Å². The summed E-state index contributed by atoms with van der Waals surface area (Å²) in [5, 5.41) is 0. The summed E-state index contributed by atoms with van der Waals surface area (Å²) in [6, 6.07) is 8.68. The van der Waals surface area contributed by atoms with Gasteiger partial charge in [0.15, 0.2) is 0 Å². The van der Waals surface area contributed by atoms with E-state index in [4.69, 9.17) is 0 Å². The van der Waals surface area contributed by atoms with E-state index in [1.165, 1.54) is 11.9 Å². The van der Waals surface area contributed by atoms with Crippen LogP contribution in [-0.2, 0) is 0 Å². The molecule has 2 rings (SSSR count).